The summed E-state index contributed by atoms with van der Waals surface area (Å²) in [5, 5.41) is 8.60. The number of hydrogen-bond donors (Lipinski definition) is 0. The third kappa shape index (κ3) is 3.64. The number of ether oxygens (including phenoxy) is 2. The fourth-order valence-corrected chi connectivity index (χ4v) is 3.26. The molecule has 0 bridgehead atoms. The zero-order valence-corrected chi connectivity index (χ0v) is 14.5. The van der Waals surface area contributed by atoms with Crippen molar-refractivity contribution < 1.29 is 18.7 Å². The maximum atomic E-state index is 11.6. The minimum atomic E-state index is 0.229. The van der Waals surface area contributed by atoms with E-state index in [2.05, 4.69) is 10.2 Å². The quantitative estimate of drug-likeness (QED) is 0.711. The van der Waals surface area contributed by atoms with Crippen molar-refractivity contribution in [1.82, 2.24) is 15.1 Å². The van der Waals surface area contributed by atoms with Crippen molar-refractivity contribution >= 4 is 17.7 Å². The zero-order chi connectivity index (χ0) is 16.9. The lowest BCUT2D eigenvalue weighted by Gasteiger charge is -2.13. The molecule has 1 aliphatic heterocycles. The van der Waals surface area contributed by atoms with Crippen LogP contribution in [0.3, 0.4) is 0 Å². The van der Waals surface area contributed by atoms with E-state index in [1.165, 1.54) is 11.8 Å². The van der Waals surface area contributed by atoms with Crippen molar-refractivity contribution in [2.75, 3.05) is 33.1 Å². The van der Waals surface area contributed by atoms with E-state index < -0.39 is 0 Å². The SMILES string of the molecule is COc1ccc(-c2nnc(SCCN3CCCC3=O)o2)cc1OC. The molecule has 0 saturated carbocycles. The van der Waals surface area contributed by atoms with Gasteiger partial charge in [-0.3, -0.25) is 4.79 Å². The van der Waals surface area contributed by atoms with Crippen molar-refractivity contribution in [3.8, 4) is 23.0 Å². The molecule has 0 radical (unpaired) electrons. The number of methoxy groups -OCH3 is 2. The van der Waals surface area contributed by atoms with Crippen LogP contribution in [0.25, 0.3) is 11.5 Å². The van der Waals surface area contributed by atoms with Gasteiger partial charge in [0.15, 0.2) is 11.5 Å². The lowest BCUT2D eigenvalue weighted by Crippen LogP contribution is -2.26. The molecular formula is C16H19N3O4S. The number of likely N-dealkylation sites (tertiary alicyclic amines) is 1. The molecule has 2 heterocycles. The highest BCUT2D eigenvalue weighted by Gasteiger charge is 2.20. The van der Waals surface area contributed by atoms with Crippen LogP contribution in [-0.2, 0) is 4.79 Å². The molecule has 0 aliphatic carbocycles. The van der Waals surface area contributed by atoms with Gasteiger partial charge >= 0.3 is 0 Å². The second-order valence-corrected chi connectivity index (χ2v) is 6.32. The second kappa shape index (κ2) is 7.57. The van der Waals surface area contributed by atoms with Crippen molar-refractivity contribution in [1.29, 1.82) is 0 Å². The molecule has 7 nitrogen and oxygen atoms in total. The molecule has 3 rings (SSSR count). The van der Waals surface area contributed by atoms with Crippen LogP contribution >= 0.6 is 11.8 Å². The van der Waals surface area contributed by atoms with Gasteiger partial charge in [0.2, 0.25) is 11.8 Å². The summed E-state index contributed by atoms with van der Waals surface area (Å²) in [6, 6.07) is 5.43. The van der Waals surface area contributed by atoms with E-state index in [1.54, 1.807) is 26.4 Å². The molecule has 24 heavy (non-hydrogen) atoms. The predicted octanol–water partition coefficient (Wildman–Crippen LogP) is 2.47. The average Bonchev–Trinajstić information content (AvgIpc) is 3.24. The van der Waals surface area contributed by atoms with Gasteiger partial charge in [-0.25, -0.2) is 0 Å². The summed E-state index contributed by atoms with van der Waals surface area (Å²) in [4.78, 5) is 13.4. The van der Waals surface area contributed by atoms with Crippen molar-refractivity contribution in [2.24, 2.45) is 0 Å². The van der Waals surface area contributed by atoms with Gasteiger partial charge in [-0.15, -0.1) is 10.2 Å². The molecule has 2 aromatic rings. The van der Waals surface area contributed by atoms with Gasteiger partial charge in [-0.1, -0.05) is 11.8 Å². The van der Waals surface area contributed by atoms with Crippen molar-refractivity contribution in [3.05, 3.63) is 18.2 Å². The Kier molecular flexibility index (Phi) is 5.24. The second-order valence-electron chi connectivity index (χ2n) is 5.28. The number of thioether (sulfide) groups is 1. The summed E-state index contributed by atoms with van der Waals surface area (Å²) in [5.74, 6) is 2.64. The number of carbonyl (C=O) groups excluding carboxylic acids is 1. The zero-order valence-electron chi connectivity index (χ0n) is 13.7. The summed E-state index contributed by atoms with van der Waals surface area (Å²) < 4.78 is 16.2. The van der Waals surface area contributed by atoms with Crippen LogP contribution in [0.5, 0.6) is 11.5 Å². The van der Waals surface area contributed by atoms with E-state index in [9.17, 15) is 4.79 Å². The summed E-state index contributed by atoms with van der Waals surface area (Å²) in [6.45, 7) is 1.55. The fraction of sp³-hybridized carbons (Fsp3) is 0.438. The van der Waals surface area contributed by atoms with Crippen LogP contribution in [0.1, 0.15) is 12.8 Å². The van der Waals surface area contributed by atoms with E-state index in [0.29, 0.717) is 35.6 Å². The minimum Gasteiger partial charge on any atom is -0.493 e. The molecule has 1 aromatic carbocycles. The Morgan fingerprint density at radius 1 is 1.25 bits per heavy atom. The molecule has 1 aromatic heterocycles. The largest absolute Gasteiger partial charge is 0.493 e. The van der Waals surface area contributed by atoms with Crippen LogP contribution < -0.4 is 9.47 Å². The summed E-state index contributed by atoms with van der Waals surface area (Å²) in [7, 11) is 3.17. The van der Waals surface area contributed by atoms with Gasteiger partial charge in [-0.2, -0.15) is 0 Å². The normalized spacial score (nSPS) is 14.2. The predicted molar refractivity (Wildman–Crippen MR) is 89.4 cm³/mol. The topological polar surface area (TPSA) is 77.7 Å². The molecule has 1 fully saturated rings. The number of benzene rings is 1. The monoisotopic (exact) mass is 349 g/mol. The first kappa shape index (κ1) is 16.6. The number of aromatic nitrogens is 2. The van der Waals surface area contributed by atoms with E-state index in [4.69, 9.17) is 13.9 Å². The maximum Gasteiger partial charge on any atom is 0.276 e. The van der Waals surface area contributed by atoms with Gasteiger partial charge in [0.25, 0.3) is 5.22 Å². The van der Waals surface area contributed by atoms with Crippen molar-refractivity contribution in [3.63, 3.8) is 0 Å². The highest BCUT2D eigenvalue weighted by Crippen LogP contribution is 2.32. The summed E-state index contributed by atoms with van der Waals surface area (Å²) in [6.07, 6.45) is 1.61. The molecule has 8 heteroatoms. The smallest absolute Gasteiger partial charge is 0.276 e. The van der Waals surface area contributed by atoms with E-state index in [1.807, 2.05) is 11.0 Å². The van der Waals surface area contributed by atoms with Crippen LogP contribution in [0.4, 0.5) is 0 Å². The van der Waals surface area contributed by atoms with E-state index in [0.717, 1.165) is 24.3 Å². The number of carbonyl (C=O) groups is 1. The molecule has 128 valence electrons. The molecular weight excluding hydrogens is 330 g/mol. The first-order valence-corrected chi connectivity index (χ1v) is 8.66. The molecule has 0 N–H and O–H groups in total. The van der Waals surface area contributed by atoms with E-state index >= 15 is 0 Å². The van der Waals surface area contributed by atoms with Gasteiger partial charge in [0.05, 0.1) is 14.2 Å². The lowest BCUT2D eigenvalue weighted by molar-refractivity contribution is -0.127. The Labute approximate surface area is 144 Å². The summed E-state index contributed by atoms with van der Waals surface area (Å²) >= 11 is 1.45. The van der Waals surface area contributed by atoms with Gasteiger partial charge in [0, 0.05) is 30.8 Å². The Morgan fingerprint density at radius 3 is 2.79 bits per heavy atom. The minimum absolute atomic E-state index is 0.229. The first-order valence-electron chi connectivity index (χ1n) is 7.67. The fourth-order valence-electron chi connectivity index (χ4n) is 2.54. The molecule has 0 spiro atoms. The highest BCUT2D eigenvalue weighted by atomic mass is 32.2. The van der Waals surface area contributed by atoms with Crippen LogP contribution in [0.2, 0.25) is 0 Å². The van der Waals surface area contributed by atoms with Crippen LogP contribution in [0.15, 0.2) is 27.8 Å². The molecule has 1 saturated heterocycles. The molecule has 0 atom stereocenters. The van der Waals surface area contributed by atoms with Gasteiger partial charge < -0.3 is 18.8 Å². The molecule has 1 amide bonds. The number of amides is 1. The maximum absolute atomic E-state index is 11.6. The van der Waals surface area contributed by atoms with Crippen molar-refractivity contribution in [2.45, 2.75) is 18.1 Å². The van der Waals surface area contributed by atoms with Crippen LogP contribution in [0, 0.1) is 0 Å². The van der Waals surface area contributed by atoms with Crippen LogP contribution in [-0.4, -0.2) is 54.1 Å². The summed E-state index contributed by atoms with van der Waals surface area (Å²) in [5.41, 5.74) is 0.765. The molecule has 1 aliphatic rings. The van der Waals surface area contributed by atoms with E-state index in [-0.39, 0.29) is 5.91 Å². The number of hydrogen-bond acceptors (Lipinski definition) is 7. The lowest BCUT2D eigenvalue weighted by atomic mass is 10.2. The molecule has 0 unspecified atom stereocenters. The Hall–Kier alpha value is -2.22. The van der Waals surface area contributed by atoms with Gasteiger partial charge in [0.1, 0.15) is 0 Å². The Balaban J connectivity index is 1.61. The van der Waals surface area contributed by atoms with Gasteiger partial charge in [-0.05, 0) is 24.6 Å². The average molecular weight is 349 g/mol. The number of rotatable bonds is 7. The first-order chi connectivity index (χ1) is 11.7. The number of nitrogens with zero attached hydrogens (tertiary/aromatic N) is 3. The third-order valence-corrected chi connectivity index (χ3v) is 4.59. The standard InChI is InChI=1S/C16H19N3O4S/c1-21-12-6-5-11(10-13(12)22-2)15-17-18-16(23-15)24-9-8-19-7-3-4-14(19)20/h5-6,10H,3-4,7-9H2,1-2H3. The third-order valence-electron chi connectivity index (χ3n) is 3.80. The Morgan fingerprint density at radius 2 is 2.08 bits per heavy atom. The highest BCUT2D eigenvalue weighted by molar-refractivity contribution is 7.99. The Bertz CT molecular complexity index is 719.